The van der Waals surface area contributed by atoms with Crippen molar-refractivity contribution < 1.29 is 9.53 Å². The topological polar surface area (TPSA) is 39.2 Å². The van der Waals surface area contributed by atoms with Crippen LogP contribution in [-0.4, -0.2) is 16.6 Å². The molecule has 0 aliphatic heterocycles. The van der Waals surface area contributed by atoms with Crippen LogP contribution >= 0.6 is 11.6 Å². The minimum absolute atomic E-state index is 0.291. The second kappa shape index (κ2) is 4.58. The molecule has 1 aromatic heterocycles. The predicted molar refractivity (Wildman–Crippen MR) is 71.9 cm³/mol. The van der Waals surface area contributed by atoms with Gasteiger partial charge in [-0.3, -0.25) is 0 Å². The monoisotopic (exact) mass is 263 g/mol. The number of hydrogen-bond donors (Lipinski definition) is 0. The molecule has 1 aromatic carbocycles. The molecule has 0 fully saturated rings. The average molecular weight is 264 g/mol. The maximum absolute atomic E-state index is 11.9. The van der Waals surface area contributed by atoms with Gasteiger partial charge < -0.3 is 4.74 Å². The van der Waals surface area contributed by atoms with Crippen LogP contribution in [0.25, 0.3) is 10.9 Å². The number of rotatable bonds is 1. The van der Waals surface area contributed by atoms with Gasteiger partial charge in [0, 0.05) is 10.4 Å². The van der Waals surface area contributed by atoms with E-state index in [0.29, 0.717) is 16.2 Å². The van der Waals surface area contributed by atoms with Crippen molar-refractivity contribution in [3.8, 4) is 0 Å². The summed E-state index contributed by atoms with van der Waals surface area (Å²) in [4.78, 5) is 16.1. The van der Waals surface area contributed by atoms with Crippen LogP contribution in [0.5, 0.6) is 0 Å². The van der Waals surface area contributed by atoms with E-state index in [2.05, 4.69) is 4.98 Å². The summed E-state index contributed by atoms with van der Waals surface area (Å²) in [5.41, 5.74) is 0.452. The van der Waals surface area contributed by atoms with Gasteiger partial charge in [0.25, 0.3) is 0 Å². The van der Waals surface area contributed by atoms with Crippen LogP contribution in [0, 0.1) is 0 Å². The van der Waals surface area contributed by atoms with Gasteiger partial charge >= 0.3 is 5.97 Å². The summed E-state index contributed by atoms with van der Waals surface area (Å²) in [6, 6.07) is 8.87. The Bertz CT molecular complexity index is 602. The van der Waals surface area contributed by atoms with E-state index in [4.69, 9.17) is 16.3 Å². The van der Waals surface area contributed by atoms with Crippen molar-refractivity contribution in [3.05, 3.63) is 41.0 Å². The Morgan fingerprint density at radius 3 is 2.56 bits per heavy atom. The molecular weight excluding hydrogens is 250 g/mol. The molecule has 0 radical (unpaired) electrons. The Labute approximate surface area is 111 Å². The van der Waals surface area contributed by atoms with E-state index < -0.39 is 11.6 Å². The highest BCUT2D eigenvalue weighted by atomic mass is 35.5. The lowest BCUT2D eigenvalue weighted by atomic mass is 10.2. The number of fused-ring (bicyclic) bond motifs is 1. The highest BCUT2D eigenvalue weighted by Crippen LogP contribution is 2.19. The fraction of sp³-hybridized carbons (Fsp3) is 0.286. The standard InChI is InChI=1S/C14H14ClNO2/c1-14(2,3)18-13(17)11-7-5-9-4-6-10(15)8-12(9)16-11/h4-8H,1-3H3. The van der Waals surface area contributed by atoms with Gasteiger partial charge in [-0.1, -0.05) is 23.7 Å². The smallest absolute Gasteiger partial charge is 0.357 e. The lowest BCUT2D eigenvalue weighted by Crippen LogP contribution is -2.24. The zero-order chi connectivity index (χ0) is 13.3. The molecule has 1 heterocycles. The predicted octanol–water partition coefficient (Wildman–Crippen LogP) is 3.84. The van der Waals surface area contributed by atoms with Crippen molar-refractivity contribution in [2.75, 3.05) is 0 Å². The van der Waals surface area contributed by atoms with Crippen molar-refractivity contribution in [1.82, 2.24) is 4.98 Å². The number of esters is 1. The zero-order valence-corrected chi connectivity index (χ0v) is 11.3. The summed E-state index contributed by atoms with van der Waals surface area (Å²) in [5, 5.41) is 1.53. The Hall–Kier alpha value is -1.61. The third kappa shape index (κ3) is 2.99. The molecule has 0 N–H and O–H groups in total. The number of nitrogens with zero attached hydrogens (tertiary/aromatic N) is 1. The Morgan fingerprint density at radius 1 is 1.22 bits per heavy atom. The minimum Gasteiger partial charge on any atom is -0.455 e. The van der Waals surface area contributed by atoms with Gasteiger partial charge in [-0.05, 0) is 39.0 Å². The van der Waals surface area contributed by atoms with E-state index in [9.17, 15) is 4.79 Å². The van der Waals surface area contributed by atoms with Crippen molar-refractivity contribution in [1.29, 1.82) is 0 Å². The van der Waals surface area contributed by atoms with E-state index in [0.717, 1.165) is 5.39 Å². The first-order valence-corrected chi connectivity index (χ1v) is 6.03. The summed E-state index contributed by atoms with van der Waals surface area (Å²) in [6.07, 6.45) is 0. The van der Waals surface area contributed by atoms with Crippen LogP contribution in [0.2, 0.25) is 5.02 Å². The molecular formula is C14H14ClNO2. The normalized spacial score (nSPS) is 11.6. The maximum Gasteiger partial charge on any atom is 0.357 e. The summed E-state index contributed by atoms with van der Waals surface area (Å²) in [5.74, 6) is -0.427. The molecule has 2 rings (SSSR count). The Balaban J connectivity index is 2.37. The van der Waals surface area contributed by atoms with Crippen LogP contribution in [-0.2, 0) is 4.74 Å². The number of hydrogen-bond acceptors (Lipinski definition) is 3. The number of carbonyl (C=O) groups excluding carboxylic acids is 1. The van der Waals surface area contributed by atoms with E-state index >= 15 is 0 Å². The molecule has 0 saturated heterocycles. The zero-order valence-electron chi connectivity index (χ0n) is 10.5. The van der Waals surface area contributed by atoms with Crippen molar-refractivity contribution in [2.24, 2.45) is 0 Å². The van der Waals surface area contributed by atoms with E-state index in [1.807, 2.05) is 32.9 Å². The number of ether oxygens (including phenoxy) is 1. The van der Waals surface area contributed by atoms with Crippen molar-refractivity contribution >= 4 is 28.5 Å². The van der Waals surface area contributed by atoms with Crippen LogP contribution < -0.4 is 0 Å². The molecule has 0 saturated carbocycles. The van der Waals surface area contributed by atoms with Gasteiger partial charge in [-0.2, -0.15) is 0 Å². The minimum atomic E-state index is -0.526. The second-order valence-electron chi connectivity index (χ2n) is 5.04. The molecule has 4 heteroatoms. The van der Waals surface area contributed by atoms with E-state index in [1.165, 1.54) is 0 Å². The molecule has 0 amide bonds. The number of aromatic nitrogens is 1. The molecule has 3 nitrogen and oxygen atoms in total. The quantitative estimate of drug-likeness (QED) is 0.734. The van der Waals surface area contributed by atoms with Crippen LogP contribution in [0.4, 0.5) is 0 Å². The van der Waals surface area contributed by atoms with Gasteiger partial charge in [-0.25, -0.2) is 9.78 Å². The first-order chi connectivity index (χ1) is 8.35. The molecule has 2 aromatic rings. The first-order valence-electron chi connectivity index (χ1n) is 5.65. The number of benzene rings is 1. The van der Waals surface area contributed by atoms with E-state index in [-0.39, 0.29) is 0 Å². The van der Waals surface area contributed by atoms with Gasteiger partial charge in [0.15, 0.2) is 0 Å². The average Bonchev–Trinajstić information content (AvgIpc) is 2.25. The lowest BCUT2D eigenvalue weighted by molar-refractivity contribution is 0.00633. The van der Waals surface area contributed by atoms with Gasteiger partial charge in [0.1, 0.15) is 11.3 Å². The molecule has 18 heavy (non-hydrogen) atoms. The summed E-state index contributed by atoms with van der Waals surface area (Å²) in [6.45, 7) is 5.47. The van der Waals surface area contributed by atoms with Crippen LogP contribution in [0.3, 0.4) is 0 Å². The molecule has 0 aliphatic rings. The van der Waals surface area contributed by atoms with Gasteiger partial charge in [0.2, 0.25) is 0 Å². The van der Waals surface area contributed by atoms with Crippen LogP contribution in [0.15, 0.2) is 30.3 Å². The second-order valence-corrected chi connectivity index (χ2v) is 5.47. The first kappa shape index (κ1) is 12.8. The molecule has 0 atom stereocenters. The number of carbonyl (C=O) groups is 1. The molecule has 94 valence electrons. The summed E-state index contributed by atoms with van der Waals surface area (Å²) >= 11 is 5.90. The van der Waals surface area contributed by atoms with Gasteiger partial charge in [0.05, 0.1) is 5.52 Å². The Kier molecular flexibility index (Phi) is 3.26. The summed E-state index contributed by atoms with van der Waals surface area (Å²) < 4.78 is 5.27. The SMILES string of the molecule is CC(C)(C)OC(=O)c1ccc2ccc(Cl)cc2n1. The highest BCUT2D eigenvalue weighted by molar-refractivity contribution is 6.31. The molecule has 0 aliphatic carbocycles. The van der Waals surface area contributed by atoms with E-state index in [1.54, 1.807) is 18.2 Å². The van der Waals surface area contributed by atoms with Crippen LogP contribution in [0.1, 0.15) is 31.3 Å². The molecule has 0 spiro atoms. The van der Waals surface area contributed by atoms with Gasteiger partial charge in [-0.15, -0.1) is 0 Å². The fourth-order valence-electron chi connectivity index (χ4n) is 1.53. The molecule has 0 bridgehead atoms. The lowest BCUT2D eigenvalue weighted by Gasteiger charge is -2.19. The fourth-order valence-corrected chi connectivity index (χ4v) is 1.70. The van der Waals surface area contributed by atoms with Crippen molar-refractivity contribution in [2.45, 2.75) is 26.4 Å². The maximum atomic E-state index is 11.9. The number of halogens is 1. The third-order valence-electron chi connectivity index (χ3n) is 2.26. The third-order valence-corrected chi connectivity index (χ3v) is 2.50. The highest BCUT2D eigenvalue weighted by Gasteiger charge is 2.18. The van der Waals surface area contributed by atoms with Crippen molar-refractivity contribution in [3.63, 3.8) is 0 Å². The summed E-state index contributed by atoms with van der Waals surface area (Å²) in [7, 11) is 0. The molecule has 0 unspecified atom stereocenters. The largest absolute Gasteiger partial charge is 0.455 e. The Morgan fingerprint density at radius 2 is 1.89 bits per heavy atom. The number of pyridine rings is 1.